The molecule has 0 atom stereocenters. The van der Waals surface area contributed by atoms with E-state index in [2.05, 4.69) is 4.98 Å². The minimum Gasteiger partial charge on any atom is -0.372 e. The number of hydrogen-bond acceptors (Lipinski definition) is 4. The molecule has 0 saturated heterocycles. The largest absolute Gasteiger partial charge is 0.372 e. The minimum atomic E-state index is -0.539. The molecular formula is C25H21F2N3O3. The van der Waals surface area contributed by atoms with Gasteiger partial charge in [-0.15, -0.1) is 0 Å². The van der Waals surface area contributed by atoms with Crippen LogP contribution in [0.2, 0.25) is 0 Å². The summed E-state index contributed by atoms with van der Waals surface area (Å²) in [7, 11) is 0. The zero-order valence-electron chi connectivity index (χ0n) is 17.7. The van der Waals surface area contributed by atoms with Crippen LogP contribution in [0.25, 0.3) is 10.9 Å². The summed E-state index contributed by atoms with van der Waals surface area (Å²) in [6.07, 6.45) is 3.98. The standard InChI is InChI=1S/C25H21F2N3O3/c26-19-7-5-16(6-8-19)12-29-13-18(15-33-14-17-3-1-2-4-21(17)27)23-20-9-10-30(32)25(31)24(20)28-11-22(23)29/h1-8,11,13,32H,9-10,12,14-15H2. The molecule has 8 heteroatoms. The number of benzene rings is 2. The van der Waals surface area contributed by atoms with E-state index in [1.807, 2.05) is 10.8 Å². The zero-order valence-corrected chi connectivity index (χ0v) is 17.7. The van der Waals surface area contributed by atoms with Crippen molar-refractivity contribution in [2.45, 2.75) is 26.2 Å². The molecule has 4 aromatic rings. The Morgan fingerprint density at radius 3 is 2.58 bits per heavy atom. The summed E-state index contributed by atoms with van der Waals surface area (Å²) in [5, 5.41) is 11.3. The van der Waals surface area contributed by atoms with Crippen LogP contribution in [0.4, 0.5) is 8.78 Å². The van der Waals surface area contributed by atoms with Crippen LogP contribution in [0.1, 0.15) is 32.7 Å². The summed E-state index contributed by atoms with van der Waals surface area (Å²) in [5.74, 6) is -1.17. The monoisotopic (exact) mass is 449 g/mol. The third-order valence-electron chi connectivity index (χ3n) is 5.85. The van der Waals surface area contributed by atoms with Crippen molar-refractivity contribution < 1.29 is 23.5 Å². The first-order chi connectivity index (χ1) is 16.0. The van der Waals surface area contributed by atoms with Crippen LogP contribution >= 0.6 is 0 Å². The topological polar surface area (TPSA) is 67.6 Å². The van der Waals surface area contributed by atoms with Gasteiger partial charge < -0.3 is 9.30 Å². The van der Waals surface area contributed by atoms with E-state index >= 15 is 0 Å². The van der Waals surface area contributed by atoms with E-state index in [0.29, 0.717) is 23.6 Å². The predicted molar refractivity (Wildman–Crippen MR) is 117 cm³/mol. The van der Waals surface area contributed by atoms with Gasteiger partial charge in [-0.1, -0.05) is 30.3 Å². The van der Waals surface area contributed by atoms with Crippen molar-refractivity contribution in [1.82, 2.24) is 14.6 Å². The number of rotatable bonds is 6. The molecule has 2 aromatic heterocycles. The van der Waals surface area contributed by atoms with Gasteiger partial charge in [0.05, 0.1) is 31.5 Å². The van der Waals surface area contributed by atoms with Crippen molar-refractivity contribution in [3.63, 3.8) is 0 Å². The number of hydrogen-bond donors (Lipinski definition) is 1. The number of hydroxylamine groups is 2. The second-order valence-corrected chi connectivity index (χ2v) is 8.02. The number of halogens is 2. The van der Waals surface area contributed by atoms with Crippen LogP contribution in [0.15, 0.2) is 60.9 Å². The fourth-order valence-corrected chi connectivity index (χ4v) is 4.22. The highest BCUT2D eigenvalue weighted by molar-refractivity contribution is 6.00. The van der Waals surface area contributed by atoms with Gasteiger partial charge >= 0.3 is 0 Å². The van der Waals surface area contributed by atoms with Crippen LogP contribution in [0.5, 0.6) is 0 Å². The molecular weight excluding hydrogens is 428 g/mol. The molecule has 1 N–H and O–H groups in total. The molecule has 0 unspecified atom stereocenters. The van der Waals surface area contributed by atoms with Crippen molar-refractivity contribution in [2.24, 2.45) is 0 Å². The first kappa shape index (κ1) is 21.2. The van der Waals surface area contributed by atoms with E-state index in [1.54, 1.807) is 36.5 Å². The van der Waals surface area contributed by atoms with Crippen LogP contribution < -0.4 is 0 Å². The highest BCUT2D eigenvalue weighted by Gasteiger charge is 2.28. The number of fused-ring (bicyclic) bond motifs is 3. The Labute approximate surface area is 188 Å². The van der Waals surface area contributed by atoms with Crippen molar-refractivity contribution in [1.29, 1.82) is 0 Å². The molecule has 1 aliphatic rings. The highest BCUT2D eigenvalue weighted by Crippen LogP contribution is 2.31. The maximum Gasteiger partial charge on any atom is 0.296 e. The number of ether oxygens (including phenoxy) is 1. The molecule has 5 rings (SSSR count). The fourth-order valence-electron chi connectivity index (χ4n) is 4.22. The second-order valence-electron chi connectivity index (χ2n) is 8.02. The maximum absolute atomic E-state index is 14.0. The number of nitrogens with zero attached hydrogens (tertiary/aromatic N) is 3. The third-order valence-corrected chi connectivity index (χ3v) is 5.85. The molecule has 0 aliphatic carbocycles. The average Bonchev–Trinajstić information content (AvgIpc) is 3.16. The lowest BCUT2D eigenvalue weighted by Crippen LogP contribution is -2.35. The average molecular weight is 449 g/mol. The molecule has 168 valence electrons. The van der Waals surface area contributed by atoms with Gasteiger partial charge in [0.2, 0.25) is 0 Å². The molecule has 0 radical (unpaired) electrons. The number of aromatic nitrogens is 2. The Morgan fingerprint density at radius 1 is 1.03 bits per heavy atom. The van der Waals surface area contributed by atoms with E-state index < -0.39 is 5.91 Å². The van der Waals surface area contributed by atoms with Crippen molar-refractivity contribution in [3.05, 3.63) is 101 Å². The Morgan fingerprint density at radius 2 is 1.79 bits per heavy atom. The summed E-state index contributed by atoms with van der Waals surface area (Å²) < 4.78 is 35.1. The number of carbonyl (C=O) groups is 1. The van der Waals surface area contributed by atoms with E-state index in [-0.39, 0.29) is 37.1 Å². The maximum atomic E-state index is 14.0. The Bertz CT molecular complexity index is 1330. The predicted octanol–water partition coefficient (Wildman–Crippen LogP) is 4.47. The van der Waals surface area contributed by atoms with Gasteiger partial charge in [-0.3, -0.25) is 10.0 Å². The smallest absolute Gasteiger partial charge is 0.296 e. The fraction of sp³-hybridized carbons (Fsp3) is 0.200. The van der Waals surface area contributed by atoms with E-state index in [9.17, 15) is 18.8 Å². The van der Waals surface area contributed by atoms with Crippen LogP contribution in [-0.4, -0.2) is 32.3 Å². The van der Waals surface area contributed by atoms with Gasteiger partial charge in [-0.25, -0.2) is 18.8 Å². The molecule has 33 heavy (non-hydrogen) atoms. The summed E-state index contributed by atoms with van der Waals surface area (Å²) >= 11 is 0. The molecule has 6 nitrogen and oxygen atoms in total. The van der Waals surface area contributed by atoms with E-state index in [1.165, 1.54) is 18.2 Å². The lowest BCUT2D eigenvalue weighted by molar-refractivity contribution is -0.0606. The van der Waals surface area contributed by atoms with Crippen molar-refractivity contribution in [2.75, 3.05) is 6.54 Å². The number of carbonyl (C=O) groups excluding carboxylic acids is 1. The first-order valence-electron chi connectivity index (χ1n) is 10.6. The molecule has 0 spiro atoms. The van der Waals surface area contributed by atoms with Crippen LogP contribution in [0, 0.1) is 11.6 Å². The Balaban J connectivity index is 1.52. The van der Waals surface area contributed by atoms with Gasteiger partial charge in [0, 0.05) is 29.3 Å². The number of amides is 1. The summed E-state index contributed by atoms with van der Waals surface area (Å²) in [6, 6.07) is 12.7. The zero-order chi connectivity index (χ0) is 22.9. The van der Waals surface area contributed by atoms with Crippen LogP contribution in [0.3, 0.4) is 0 Å². The van der Waals surface area contributed by atoms with Crippen molar-refractivity contribution >= 4 is 16.8 Å². The third kappa shape index (κ3) is 4.10. The SMILES string of the molecule is O=C1c2ncc3c(c(COCc4ccccc4F)cn3Cc3ccc(F)cc3)c2CCN1O. The normalized spacial score (nSPS) is 13.5. The van der Waals surface area contributed by atoms with E-state index in [0.717, 1.165) is 27.6 Å². The Hall–Kier alpha value is -3.62. The van der Waals surface area contributed by atoms with Gasteiger partial charge in [0.1, 0.15) is 17.3 Å². The van der Waals surface area contributed by atoms with Gasteiger partial charge in [-0.2, -0.15) is 0 Å². The molecule has 2 aromatic carbocycles. The summed E-state index contributed by atoms with van der Waals surface area (Å²) in [5.41, 5.74) is 3.98. The van der Waals surface area contributed by atoms with Gasteiger partial charge in [-0.05, 0) is 35.7 Å². The molecule has 1 aliphatic heterocycles. The molecule has 0 fully saturated rings. The summed E-state index contributed by atoms with van der Waals surface area (Å²) in [4.78, 5) is 16.8. The van der Waals surface area contributed by atoms with Crippen molar-refractivity contribution in [3.8, 4) is 0 Å². The highest BCUT2D eigenvalue weighted by atomic mass is 19.1. The van der Waals surface area contributed by atoms with Crippen LogP contribution in [-0.2, 0) is 30.9 Å². The lowest BCUT2D eigenvalue weighted by Gasteiger charge is -2.23. The molecule has 0 saturated carbocycles. The first-order valence-corrected chi connectivity index (χ1v) is 10.6. The molecule has 1 amide bonds. The second kappa shape index (κ2) is 8.73. The van der Waals surface area contributed by atoms with Gasteiger partial charge in [0.15, 0.2) is 0 Å². The Kier molecular flexibility index (Phi) is 5.62. The summed E-state index contributed by atoms with van der Waals surface area (Å²) in [6.45, 7) is 0.957. The molecule has 3 heterocycles. The molecule has 0 bridgehead atoms. The van der Waals surface area contributed by atoms with Gasteiger partial charge in [0.25, 0.3) is 5.91 Å². The quantitative estimate of drug-likeness (QED) is 0.441. The minimum absolute atomic E-state index is 0.105. The number of pyridine rings is 1. The lowest BCUT2D eigenvalue weighted by atomic mass is 9.99. The van der Waals surface area contributed by atoms with E-state index in [4.69, 9.17) is 4.74 Å².